The number of benzene rings is 1. The van der Waals surface area contributed by atoms with Crippen molar-refractivity contribution in [2.45, 2.75) is 20.3 Å². The number of carbonyl (C=O) groups is 2. The van der Waals surface area contributed by atoms with Crippen LogP contribution < -0.4 is 10.7 Å². The molecule has 1 aromatic rings. The van der Waals surface area contributed by atoms with Crippen LogP contribution in [-0.4, -0.2) is 24.1 Å². The second kappa shape index (κ2) is 7.89. The highest BCUT2D eigenvalue weighted by molar-refractivity contribution is 6.01. The van der Waals surface area contributed by atoms with E-state index in [4.69, 9.17) is 0 Å². The van der Waals surface area contributed by atoms with Gasteiger partial charge < -0.3 is 5.32 Å². The molecule has 0 fully saturated rings. The lowest BCUT2D eigenvalue weighted by molar-refractivity contribution is -0.119. The summed E-state index contributed by atoms with van der Waals surface area (Å²) in [5, 5.41) is 6.55. The molecule has 0 unspecified atom stereocenters. The zero-order chi connectivity index (χ0) is 15.0. The molecule has 2 amide bonds. The Bertz CT molecular complexity index is 536. The maximum Gasteiger partial charge on any atom is 0.271 e. The van der Waals surface area contributed by atoms with Gasteiger partial charge in [-0.15, -0.1) is 6.58 Å². The third-order valence-electron chi connectivity index (χ3n) is 2.49. The minimum Gasteiger partial charge on any atom is -0.352 e. The molecule has 1 rings (SSSR count). The van der Waals surface area contributed by atoms with Crippen molar-refractivity contribution in [3.8, 4) is 0 Å². The fourth-order valence-corrected chi connectivity index (χ4v) is 1.52. The van der Waals surface area contributed by atoms with Gasteiger partial charge in [-0.3, -0.25) is 9.59 Å². The predicted molar refractivity (Wildman–Crippen MR) is 79.6 cm³/mol. The Morgan fingerprint density at radius 1 is 1.40 bits per heavy atom. The van der Waals surface area contributed by atoms with Crippen LogP contribution in [0.4, 0.5) is 0 Å². The van der Waals surface area contributed by atoms with E-state index in [1.165, 1.54) is 0 Å². The number of hydrogen-bond acceptors (Lipinski definition) is 3. The van der Waals surface area contributed by atoms with Gasteiger partial charge in [0.1, 0.15) is 0 Å². The predicted octanol–water partition coefficient (Wildman–Crippen LogP) is 1.79. The van der Waals surface area contributed by atoms with E-state index >= 15 is 0 Å². The molecule has 0 spiro atoms. The molecule has 20 heavy (non-hydrogen) atoms. The number of nitrogens with zero attached hydrogens (tertiary/aromatic N) is 1. The lowest BCUT2D eigenvalue weighted by Crippen LogP contribution is -2.26. The maximum atomic E-state index is 11.8. The number of hydrazone groups is 1. The Morgan fingerprint density at radius 2 is 2.15 bits per heavy atom. The van der Waals surface area contributed by atoms with Crippen molar-refractivity contribution >= 4 is 17.5 Å². The Balaban J connectivity index is 2.52. The number of aryl methyl sites for hydroxylation is 1. The van der Waals surface area contributed by atoms with Crippen LogP contribution in [0.2, 0.25) is 0 Å². The summed E-state index contributed by atoms with van der Waals surface area (Å²) in [7, 11) is 0. The average Bonchev–Trinajstić information content (AvgIpc) is 2.42. The molecule has 0 aliphatic carbocycles. The van der Waals surface area contributed by atoms with Gasteiger partial charge in [-0.2, -0.15) is 5.10 Å². The van der Waals surface area contributed by atoms with Crippen molar-refractivity contribution in [2.75, 3.05) is 6.54 Å². The van der Waals surface area contributed by atoms with E-state index in [9.17, 15) is 9.59 Å². The standard InChI is InChI=1S/C15H19N3O2/c1-4-8-16-14(19)10-12(3)17-18-15(20)13-7-5-6-11(2)9-13/h4-7,9H,1,8,10H2,2-3H3,(H,16,19)(H,18,20)/b17-12+. The minimum atomic E-state index is -0.292. The Morgan fingerprint density at radius 3 is 2.80 bits per heavy atom. The van der Waals surface area contributed by atoms with Gasteiger partial charge in [-0.05, 0) is 26.0 Å². The number of nitrogens with one attached hydrogen (secondary N) is 2. The van der Waals surface area contributed by atoms with E-state index in [1.807, 2.05) is 19.1 Å². The molecule has 0 radical (unpaired) electrons. The molecular weight excluding hydrogens is 254 g/mol. The molecule has 5 nitrogen and oxygen atoms in total. The molecule has 0 aliphatic rings. The highest BCUT2D eigenvalue weighted by atomic mass is 16.2. The first-order chi connectivity index (χ1) is 9.52. The lowest BCUT2D eigenvalue weighted by Gasteiger charge is -2.04. The third kappa shape index (κ3) is 5.48. The Labute approximate surface area is 118 Å². The van der Waals surface area contributed by atoms with Gasteiger partial charge in [0.2, 0.25) is 5.91 Å². The van der Waals surface area contributed by atoms with Crippen molar-refractivity contribution < 1.29 is 9.59 Å². The van der Waals surface area contributed by atoms with E-state index in [0.29, 0.717) is 17.8 Å². The summed E-state index contributed by atoms with van der Waals surface area (Å²) in [6.07, 6.45) is 1.74. The molecule has 0 saturated carbocycles. The molecule has 0 bridgehead atoms. The molecule has 5 heteroatoms. The number of amides is 2. The largest absolute Gasteiger partial charge is 0.352 e. The summed E-state index contributed by atoms with van der Waals surface area (Å²) in [4.78, 5) is 23.2. The van der Waals surface area contributed by atoms with E-state index in [0.717, 1.165) is 5.56 Å². The zero-order valence-electron chi connectivity index (χ0n) is 11.8. The van der Waals surface area contributed by atoms with Crippen LogP contribution in [0.5, 0.6) is 0 Å². The molecular formula is C15H19N3O2. The van der Waals surface area contributed by atoms with Gasteiger partial charge in [0, 0.05) is 17.8 Å². The summed E-state index contributed by atoms with van der Waals surface area (Å²) in [5.74, 6) is -0.449. The van der Waals surface area contributed by atoms with Gasteiger partial charge >= 0.3 is 0 Å². The molecule has 2 N–H and O–H groups in total. The number of hydrogen-bond donors (Lipinski definition) is 2. The van der Waals surface area contributed by atoms with Crippen molar-refractivity contribution in [2.24, 2.45) is 5.10 Å². The summed E-state index contributed by atoms with van der Waals surface area (Å²) < 4.78 is 0. The van der Waals surface area contributed by atoms with Crippen molar-refractivity contribution in [3.63, 3.8) is 0 Å². The highest BCUT2D eigenvalue weighted by Crippen LogP contribution is 2.03. The van der Waals surface area contributed by atoms with E-state index in [-0.39, 0.29) is 18.2 Å². The average molecular weight is 273 g/mol. The summed E-state index contributed by atoms with van der Waals surface area (Å²) in [6, 6.07) is 7.21. The SMILES string of the molecule is C=CCNC(=O)C/C(C)=N/NC(=O)c1cccc(C)c1. The first-order valence-corrected chi connectivity index (χ1v) is 6.30. The quantitative estimate of drug-likeness (QED) is 0.471. The molecule has 0 heterocycles. The molecule has 0 aromatic heterocycles. The first-order valence-electron chi connectivity index (χ1n) is 6.30. The molecule has 1 aromatic carbocycles. The summed E-state index contributed by atoms with van der Waals surface area (Å²) in [5.41, 5.74) is 4.51. The Kier molecular flexibility index (Phi) is 6.16. The smallest absolute Gasteiger partial charge is 0.271 e. The maximum absolute atomic E-state index is 11.8. The Hall–Kier alpha value is -2.43. The highest BCUT2D eigenvalue weighted by Gasteiger charge is 2.06. The number of rotatable bonds is 6. The topological polar surface area (TPSA) is 70.6 Å². The second-order valence-electron chi connectivity index (χ2n) is 4.43. The van der Waals surface area contributed by atoms with Crippen LogP contribution in [-0.2, 0) is 4.79 Å². The van der Waals surface area contributed by atoms with Crippen LogP contribution in [0.1, 0.15) is 29.3 Å². The minimum absolute atomic E-state index is 0.141. The zero-order valence-corrected chi connectivity index (χ0v) is 11.8. The van der Waals surface area contributed by atoms with Crippen LogP contribution in [0.3, 0.4) is 0 Å². The molecule has 0 atom stereocenters. The van der Waals surface area contributed by atoms with E-state index < -0.39 is 0 Å². The first kappa shape index (κ1) is 15.6. The van der Waals surface area contributed by atoms with Gasteiger partial charge in [0.15, 0.2) is 0 Å². The van der Waals surface area contributed by atoms with E-state index in [1.54, 1.807) is 25.1 Å². The van der Waals surface area contributed by atoms with Gasteiger partial charge in [-0.25, -0.2) is 5.43 Å². The fraction of sp³-hybridized carbons (Fsp3) is 0.267. The molecule has 106 valence electrons. The lowest BCUT2D eigenvalue weighted by atomic mass is 10.1. The van der Waals surface area contributed by atoms with Crippen molar-refractivity contribution in [1.82, 2.24) is 10.7 Å². The van der Waals surface area contributed by atoms with Crippen LogP contribution in [0, 0.1) is 6.92 Å². The van der Waals surface area contributed by atoms with Crippen LogP contribution in [0.15, 0.2) is 42.0 Å². The molecule has 0 saturated heterocycles. The second-order valence-corrected chi connectivity index (χ2v) is 4.43. The number of carbonyl (C=O) groups excluding carboxylic acids is 2. The van der Waals surface area contributed by atoms with Gasteiger partial charge in [-0.1, -0.05) is 23.8 Å². The summed E-state index contributed by atoms with van der Waals surface area (Å²) >= 11 is 0. The monoisotopic (exact) mass is 273 g/mol. The van der Waals surface area contributed by atoms with Crippen LogP contribution >= 0.6 is 0 Å². The van der Waals surface area contributed by atoms with Crippen molar-refractivity contribution in [3.05, 3.63) is 48.0 Å². The normalized spacial score (nSPS) is 10.8. The summed E-state index contributed by atoms with van der Waals surface area (Å²) in [6.45, 7) is 7.52. The van der Waals surface area contributed by atoms with Gasteiger partial charge in [0.25, 0.3) is 5.91 Å². The van der Waals surface area contributed by atoms with Crippen LogP contribution in [0.25, 0.3) is 0 Å². The fourth-order valence-electron chi connectivity index (χ4n) is 1.52. The van der Waals surface area contributed by atoms with Crippen molar-refractivity contribution in [1.29, 1.82) is 0 Å². The van der Waals surface area contributed by atoms with E-state index in [2.05, 4.69) is 22.4 Å². The molecule has 0 aliphatic heterocycles. The van der Waals surface area contributed by atoms with Gasteiger partial charge in [0.05, 0.1) is 6.42 Å². The third-order valence-corrected chi connectivity index (χ3v) is 2.49.